The fraction of sp³-hybridized carbons (Fsp3) is 0.667. The molecule has 7 heteroatoms. The van der Waals surface area contributed by atoms with E-state index in [9.17, 15) is 9.00 Å². The summed E-state index contributed by atoms with van der Waals surface area (Å²) < 4.78 is 20.4. The van der Waals surface area contributed by atoms with Gasteiger partial charge < -0.3 is 10.1 Å². The largest absolute Gasteiger partial charge is 0.462 e. The number of hydrogen-bond donors (Lipinski definition) is 1. The molecule has 1 rings (SSSR count). The molecule has 108 valence electrons. The molecule has 1 N–H and O–H groups in total. The second kappa shape index (κ2) is 7.59. The summed E-state index contributed by atoms with van der Waals surface area (Å²) in [4.78, 5) is 11.8. The van der Waals surface area contributed by atoms with E-state index in [2.05, 4.69) is 9.69 Å². The van der Waals surface area contributed by atoms with Crippen LogP contribution in [0.5, 0.6) is 0 Å². The van der Waals surface area contributed by atoms with Gasteiger partial charge in [-0.05, 0) is 31.8 Å². The molecule has 2 unspecified atom stereocenters. The van der Waals surface area contributed by atoms with Crippen LogP contribution in [0.2, 0.25) is 0 Å². The summed E-state index contributed by atoms with van der Waals surface area (Å²) in [5, 5.41) is 4.04. The molecule has 0 aromatic carbocycles. The molecule has 0 spiro atoms. The van der Waals surface area contributed by atoms with Crippen molar-refractivity contribution >= 4 is 33.3 Å². The number of nitrogens with one attached hydrogen (secondary N) is 1. The quantitative estimate of drug-likeness (QED) is 0.782. The number of ether oxygens (including phenoxy) is 1. The standard InChI is InChI=1S/C12H20N2O3S2/c1-5-17-12(15)10-9(3)14-18-11(10)13-7-6-8(2)19(4)16/h8,13H,5-7H2,1-4H3. The Hall–Kier alpha value is -0.950. The first-order valence-electron chi connectivity index (χ1n) is 6.16. The van der Waals surface area contributed by atoms with Crippen molar-refractivity contribution in [3.63, 3.8) is 0 Å². The van der Waals surface area contributed by atoms with Crippen molar-refractivity contribution in [2.45, 2.75) is 32.4 Å². The van der Waals surface area contributed by atoms with Crippen molar-refractivity contribution in [3.05, 3.63) is 11.3 Å². The molecule has 1 heterocycles. The van der Waals surface area contributed by atoms with E-state index in [0.29, 0.717) is 24.4 Å². The average molecular weight is 304 g/mol. The summed E-state index contributed by atoms with van der Waals surface area (Å²) >= 11 is 1.25. The predicted molar refractivity (Wildman–Crippen MR) is 79.4 cm³/mol. The van der Waals surface area contributed by atoms with E-state index < -0.39 is 10.8 Å². The van der Waals surface area contributed by atoms with Crippen molar-refractivity contribution in [2.24, 2.45) is 0 Å². The van der Waals surface area contributed by atoms with Gasteiger partial charge in [-0.3, -0.25) is 4.21 Å². The van der Waals surface area contributed by atoms with E-state index in [0.717, 1.165) is 11.4 Å². The Bertz CT molecular complexity index is 460. The second-order valence-corrected chi connectivity index (χ2v) is 6.79. The van der Waals surface area contributed by atoms with Crippen molar-refractivity contribution in [1.82, 2.24) is 4.37 Å². The highest BCUT2D eigenvalue weighted by molar-refractivity contribution is 7.84. The Labute approximate surface area is 120 Å². The molecule has 0 amide bonds. The van der Waals surface area contributed by atoms with Crippen LogP contribution in [0, 0.1) is 6.92 Å². The molecule has 1 aromatic rings. The van der Waals surface area contributed by atoms with Crippen molar-refractivity contribution in [1.29, 1.82) is 0 Å². The highest BCUT2D eigenvalue weighted by Crippen LogP contribution is 2.25. The summed E-state index contributed by atoms with van der Waals surface area (Å²) in [5.74, 6) is -0.344. The third-order valence-corrected chi connectivity index (χ3v) is 5.01. The first-order chi connectivity index (χ1) is 8.97. The number of rotatable bonds is 7. The summed E-state index contributed by atoms with van der Waals surface area (Å²) in [7, 11) is -0.824. The lowest BCUT2D eigenvalue weighted by atomic mass is 10.2. The molecule has 0 fully saturated rings. The zero-order chi connectivity index (χ0) is 14.4. The van der Waals surface area contributed by atoms with Crippen LogP contribution in [0.1, 0.15) is 36.3 Å². The molecule has 0 aliphatic carbocycles. The number of hydrogen-bond acceptors (Lipinski definition) is 6. The molecule has 19 heavy (non-hydrogen) atoms. The molecule has 0 aliphatic heterocycles. The Balaban J connectivity index is 2.64. The Morgan fingerprint density at radius 1 is 1.58 bits per heavy atom. The third-order valence-electron chi connectivity index (χ3n) is 2.75. The van der Waals surface area contributed by atoms with Crippen LogP contribution in [0.3, 0.4) is 0 Å². The normalized spacial score (nSPS) is 13.9. The summed E-state index contributed by atoms with van der Waals surface area (Å²) in [6, 6.07) is 0. The summed E-state index contributed by atoms with van der Waals surface area (Å²) in [6.07, 6.45) is 2.48. The maximum atomic E-state index is 11.8. The van der Waals surface area contributed by atoms with E-state index in [1.54, 1.807) is 20.1 Å². The molecule has 0 saturated carbocycles. The van der Waals surface area contributed by atoms with Gasteiger partial charge in [-0.2, -0.15) is 4.37 Å². The fourth-order valence-electron chi connectivity index (χ4n) is 1.49. The number of esters is 1. The highest BCUT2D eigenvalue weighted by Gasteiger charge is 2.19. The van der Waals surface area contributed by atoms with E-state index in [1.165, 1.54) is 11.5 Å². The molecule has 0 aliphatic rings. The minimum Gasteiger partial charge on any atom is -0.462 e. The van der Waals surface area contributed by atoms with Gasteiger partial charge in [-0.15, -0.1) is 0 Å². The van der Waals surface area contributed by atoms with Gasteiger partial charge >= 0.3 is 5.97 Å². The van der Waals surface area contributed by atoms with E-state index in [-0.39, 0.29) is 11.2 Å². The summed E-state index contributed by atoms with van der Waals surface area (Å²) in [5.41, 5.74) is 1.19. The first-order valence-corrected chi connectivity index (χ1v) is 8.56. The maximum absolute atomic E-state index is 11.8. The smallest absolute Gasteiger partial charge is 0.343 e. The minimum absolute atomic E-state index is 0.132. The van der Waals surface area contributed by atoms with Crippen LogP contribution in [0.4, 0.5) is 5.00 Å². The van der Waals surface area contributed by atoms with Gasteiger partial charge in [0.05, 0.1) is 12.3 Å². The molecule has 2 atom stereocenters. The van der Waals surface area contributed by atoms with Gasteiger partial charge in [-0.25, -0.2) is 4.79 Å². The van der Waals surface area contributed by atoms with Crippen molar-refractivity contribution < 1.29 is 13.7 Å². The third kappa shape index (κ3) is 4.58. The number of anilines is 1. The predicted octanol–water partition coefficient (Wildman–Crippen LogP) is 2.20. The van der Waals surface area contributed by atoms with Gasteiger partial charge in [0, 0.05) is 28.9 Å². The van der Waals surface area contributed by atoms with Gasteiger partial charge in [0.25, 0.3) is 0 Å². The lowest BCUT2D eigenvalue weighted by Gasteiger charge is -2.10. The fourth-order valence-corrected chi connectivity index (χ4v) is 2.75. The number of carbonyl (C=O) groups is 1. The molecular formula is C12H20N2O3S2. The van der Waals surface area contributed by atoms with Crippen LogP contribution in [0.25, 0.3) is 0 Å². The zero-order valence-corrected chi connectivity index (χ0v) is 13.3. The van der Waals surface area contributed by atoms with Crippen molar-refractivity contribution in [3.8, 4) is 0 Å². The topological polar surface area (TPSA) is 68.3 Å². The van der Waals surface area contributed by atoms with Crippen LogP contribution >= 0.6 is 11.5 Å². The Morgan fingerprint density at radius 2 is 2.26 bits per heavy atom. The molecule has 0 saturated heterocycles. The molecular weight excluding hydrogens is 284 g/mol. The Kier molecular flexibility index (Phi) is 6.44. The monoisotopic (exact) mass is 304 g/mol. The first kappa shape index (κ1) is 16.1. The van der Waals surface area contributed by atoms with E-state index >= 15 is 0 Å². The van der Waals surface area contributed by atoms with Gasteiger partial charge in [0.2, 0.25) is 0 Å². The van der Waals surface area contributed by atoms with Crippen LogP contribution in [-0.4, -0.2) is 39.2 Å². The molecule has 0 radical (unpaired) electrons. The maximum Gasteiger partial charge on any atom is 0.343 e. The molecule has 1 aromatic heterocycles. The lowest BCUT2D eigenvalue weighted by molar-refractivity contribution is 0.0527. The Morgan fingerprint density at radius 3 is 2.84 bits per heavy atom. The molecule has 0 bridgehead atoms. The number of nitrogens with zero attached hydrogens (tertiary/aromatic N) is 1. The van der Waals surface area contributed by atoms with Gasteiger partial charge in [-0.1, -0.05) is 6.92 Å². The van der Waals surface area contributed by atoms with Gasteiger partial charge in [0.1, 0.15) is 10.6 Å². The second-order valence-electron chi connectivity index (χ2n) is 4.22. The highest BCUT2D eigenvalue weighted by atomic mass is 32.2. The SMILES string of the molecule is CCOC(=O)c1c(C)nsc1NCCC(C)S(C)=O. The molecule has 5 nitrogen and oxygen atoms in total. The zero-order valence-electron chi connectivity index (χ0n) is 11.7. The summed E-state index contributed by atoms with van der Waals surface area (Å²) in [6.45, 7) is 6.52. The van der Waals surface area contributed by atoms with Crippen LogP contribution in [-0.2, 0) is 15.5 Å². The van der Waals surface area contributed by atoms with E-state index in [1.807, 2.05) is 6.92 Å². The van der Waals surface area contributed by atoms with Gasteiger partial charge in [0.15, 0.2) is 0 Å². The lowest BCUT2D eigenvalue weighted by Crippen LogP contribution is -2.16. The van der Waals surface area contributed by atoms with Crippen LogP contribution < -0.4 is 5.32 Å². The number of carbonyl (C=O) groups excluding carboxylic acids is 1. The minimum atomic E-state index is -0.824. The number of aryl methyl sites for hydroxylation is 1. The number of aromatic nitrogens is 1. The van der Waals surface area contributed by atoms with E-state index in [4.69, 9.17) is 4.74 Å². The van der Waals surface area contributed by atoms with Crippen molar-refractivity contribution in [2.75, 3.05) is 24.7 Å². The van der Waals surface area contributed by atoms with Crippen LogP contribution in [0.15, 0.2) is 0 Å². The average Bonchev–Trinajstić information content (AvgIpc) is 2.70.